The number of benzene rings is 2. The molecule has 0 aliphatic rings. The van der Waals surface area contributed by atoms with Crippen molar-refractivity contribution < 1.29 is 4.79 Å². The van der Waals surface area contributed by atoms with Gasteiger partial charge < -0.3 is 22.0 Å². The maximum Gasteiger partial charge on any atom is 0.250 e. The summed E-state index contributed by atoms with van der Waals surface area (Å²) in [6.07, 6.45) is 7.56. The van der Waals surface area contributed by atoms with Crippen LogP contribution in [0.4, 0.5) is 0 Å². The first-order valence-electron chi connectivity index (χ1n) is 10.2. The van der Waals surface area contributed by atoms with Crippen LogP contribution >= 0.6 is 0 Å². The Morgan fingerprint density at radius 3 is 2.35 bits per heavy atom. The molecule has 0 fully saturated rings. The fourth-order valence-corrected chi connectivity index (χ4v) is 3.82. The van der Waals surface area contributed by atoms with E-state index in [1.54, 1.807) is 12.4 Å². The average molecular weight is 417 g/mol. The molecule has 7 nitrogen and oxygen atoms in total. The zero-order valence-electron chi connectivity index (χ0n) is 17.7. The third kappa shape index (κ3) is 5.39. The molecule has 1 aromatic heterocycles. The van der Waals surface area contributed by atoms with Crippen LogP contribution in [0.15, 0.2) is 64.9 Å². The van der Waals surface area contributed by atoms with Gasteiger partial charge in [-0.15, -0.1) is 0 Å². The Labute approximate surface area is 182 Å². The number of aromatic nitrogens is 1. The predicted molar refractivity (Wildman–Crippen MR) is 125 cm³/mol. The molecule has 160 valence electrons. The summed E-state index contributed by atoms with van der Waals surface area (Å²) in [5, 5.41) is 7.14. The van der Waals surface area contributed by atoms with Gasteiger partial charge in [-0.2, -0.15) is 10.2 Å². The molecule has 0 saturated carbocycles. The first-order valence-corrected chi connectivity index (χ1v) is 10.2. The largest absolute Gasteiger partial charge is 0.366 e. The Bertz CT molecular complexity index is 1100. The fourth-order valence-electron chi connectivity index (χ4n) is 3.82. The molecule has 3 aromatic rings. The molecule has 3 rings (SSSR count). The van der Waals surface area contributed by atoms with Crippen LogP contribution in [0.3, 0.4) is 0 Å². The number of hydrogen-bond acceptors (Lipinski definition) is 5. The highest BCUT2D eigenvalue weighted by Gasteiger charge is 2.20. The summed E-state index contributed by atoms with van der Waals surface area (Å²) >= 11 is 0. The highest BCUT2D eigenvalue weighted by Crippen LogP contribution is 2.24. The predicted octanol–water partition coefficient (Wildman–Crippen LogP) is 2.76. The second kappa shape index (κ2) is 10.2. The molecule has 31 heavy (non-hydrogen) atoms. The van der Waals surface area contributed by atoms with Gasteiger partial charge in [0.1, 0.15) is 0 Å². The minimum Gasteiger partial charge on any atom is -0.366 e. The van der Waals surface area contributed by atoms with Gasteiger partial charge in [-0.3, -0.25) is 4.79 Å². The van der Waals surface area contributed by atoms with Crippen LogP contribution in [-0.2, 0) is 19.4 Å². The van der Waals surface area contributed by atoms with Crippen molar-refractivity contribution in [1.29, 1.82) is 0 Å². The molecule has 2 aromatic carbocycles. The van der Waals surface area contributed by atoms with Crippen molar-refractivity contribution in [2.75, 3.05) is 0 Å². The summed E-state index contributed by atoms with van der Waals surface area (Å²) in [5.41, 5.74) is 12.4. The Hall–Kier alpha value is -3.87. The highest BCUT2D eigenvalue weighted by atomic mass is 16.1. The maximum absolute atomic E-state index is 12.4. The number of hydrazone groups is 2. The van der Waals surface area contributed by atoms with Gasteiger partial charge in [0, 0.05) is 18.4 Å². The topological polar surface area (TPSA) is 125 Å². The molecule has 0 unspecified atom stereocenters. The summed E-state index contributed by atoms with van der Waals surface area (Å²) < 4.78 is 2.13. The number of carbonyl (C=O) groups is 1. The average Bonchev–Trinajstić information content (AvgIpc) is 3.07. The lowest BCUT2D eigenvalue weighted by Crippen LogP contribution is -2.16. The number of carbonyl (C=O) groups excluding carboxylic acids is 1. The third-order valence-corrected chi connectivity index (χ3v) is 5.13. The SMILES string of the molecule is CCCc1c(C(N)=O)c(Cc2ccc(C=NN)cc2)cn1Cc1cccc(C=NN)c1. The van der Waals surface area contributed by atoms with Crippen LogP contribution in [0.25, 0.3) is 0 Å². The van der Waals surface area contributed by atoms with E-state index >= 15 is 0 Å². The Balaban J connectivity index is 1.97. The van der Waals surface area contributed by atoms with Crippen molar-refractivity contribution in [2.24, 2.45) is 27.6 Å². The lowest BCUT2D eigenvalue weighted by molar-refractivity contribution is 0.0998. The zero-order chi connectivity index (χ0) is 22.2. The van der Waals surface area contributed by atoms with E-state index in [1.807, 2.05) is 54.7 Å². The summed E-state index contributed by atoms with van der Waals surface area (Å²) in [6.45, 7) is 2.73. The highest BCUT2D eigenvalue weighted by molar-refractivity contribution is 5.96. The molecule has 0 aliphatic heterocycles. The standard InChI is InChI=1S/C24H28N6O/c1-2-4-22-23(24(25)31)21(12-17-7-9-18(10-8-17)13-28-26)16-30(22)15-20-6-3-5-19(11-20)14-29-27/h3,5-11,13-14,16H,2,4,12,15,26-27H2,1H3,(H2,25,31). The van der Waals surface area contributed by atoms with Gasteiger partial charge in [-0.25, -0.2) is 0 Å². The van der Waals surface area contributed by atoms with E-state index in [0.29, 0.717) is 18.5 Å². The van der Waals surface area contributed by atoms with Crippen molar-refractivity contribution >= 4 is 18.3 Å². The first kappa shape index (κ1) is 21.8. The van der Waals surface area contributed by atoms with Gasteiger partial charge in [-0.05, 0) is 46.7 Å². The second-order valence-corrected chi connectivity index (χ2v) is 7.44. The summed E-state index contributed by atoms with van der Waals surface area (Å²) in [6, 6.07) is 15.9. The van der Waals surface area contributed by atoms with E-state index in [4.69, 9.17) is 17.4 Å². The van der Waals surface area contributed by atoms with Gasteiger partial charge >= 0.3 is 0 Å². The lowest BCUT2D eigenvalue weighted by Gasteiger charge is -2.10. The van der Waals surface area contributed by atoms with Crippen LogP contribution in [0, 0.1) is 0 Å². The van der Waals surface area contributed by atoms with Gasteiger partial charge in [0.15, 0.2) is 0 Å². The van der Waals surface area contributed by atoms with Crippen LogP contribution in [-0.4, -0.2) is 22.9 Å². The molecular formula is C24H28N6O. The zero-order valence-corrected chi connectivity index (χ0v) is 17.7. The van der Waals surface area contributed by atoms with Crippen LogP contribution < -0.4 is 17.4 Å². The summed E-state index contributed by atoms with van der Waals surface area (Å²) in [5.74, 6) is 10.1. The molecule has 0 spiro atoms. The molecule has 7 heteroatoms. The number of nitrogens with zero attached hydrogens (tertiary/aromatic N) is 3. The Morgan fingerprint density at radius 1 is 1.00 bits per heavy atom. The molecule has 6 N–H and O–H groups in total. The van der Waals surface area contributed by atoms with Crippen molar-refractivity contribution in [3.8, 4) is 0 Å². The van der Waals surface area contributed by atoms with E-state index in [9.17, 15) is 4.79 Å². The van der Waals surface area contributed by atoms with Gasteiger partial charge in [0.2, 0.25) is 0 Å². The van der Waals surface area contributed by atoms with Crippen molar-refractivity contribution in [3.05, 3.63) is 93.8 Å². The number of primary amides is 1. The minimum atomic E-state index is -0.395. The van der Waals surface area contributed by atoms with Gasteiger partial charge in [0.05, 0.1) is 18.0 Å². The van der Waals surface area contributed by atoms with Crippen LogP contribution in [0.5, 0.6) is 0 Å². The second-order valence-electron chi connectivity index (χ2n) is 7.44. The number of amides is 1. The summed E-state index contributed by atoms with van der Waals surface area (Å²) in [4.78, 5) is 12.4. The Morgan fingerprint density at radius 2 is 1.71 bits per heavy atom. The van der Waals surface area contributed by atoms with Gasteiger partial charge in [-0.1, -0.05) is 55.8 Å². The summed E-state index contributed by atoms with van der Waals surface area (Å²) in [7, 11) is 0. The molecule has 0 radical (unpaired) electrons. The number of rotatable bonds is 9. The van der Waals surface area contributed by atoms with Crippen molar-refractivity contribution in [3.63, 3.8) is 0 Å². The number of nitrogens with two attached hydrogens (primary N) is 3. The fraction of sp³-hybridized carbons (Fsp3) is 0.208. The van der Waals surface area contributed by atoms with E-state index in [0.717, 1.165) is 46.4 Å². The normalized spacial score (nSPS) is 11.5. The molecule has 0 saturated heterocycles. The maximum atomic E-state index is 12.4. The minimum absolute atomic E-state index is 0.395. The van der Waals surface area contributed by atoms with E-state index < -0.39 is 5.91 Å². The molecular weight excluding hydrogens is 388 g/mol. The smallest absolute Gasteiger partial charge is 0.250 e. The third-order valence-electron chi connectivity index (χ3n) is 5.13. The van der Waals surface area contributed by atoms with Gasteiger partial charge in [0.25, 0.3) is 5.91 Å². The van der Waals surface area contributed by atoms with Crippen LogP contribution in [0.1, 0.15) is 57.2 Å². The molecule has 0 aliphatic carbocycles. The monoisotopic (exact) mass is 416 g/mol. The van der Waals surface area contributed by atoms with E-state index in [1.165, 1.54) is 0 Å². The Kier molecular flexibility index (Phi) is 7.22. The molecule has 0 bridgehead atoms. The van der Waals surface area contributed by atoms with Crippen molar-refractivity contribution in [1.82, 2.24) is 4.57 Å². The van der Waals surface area contributed by atoms with E-state index in [2.05, 4.69) is 21.7 Å². The van der Waals surface area contributed by atoms with E-state index in [-0.39, 0.29) is 0 Å². The first-order chi connectivity index (χ1) is 15.0. The molecule has 1 amide bonds. The molecule has 1 heterocycles. The lowest BCUT2D eigenvalue weighted by atomic mass is 10.00. The van der Waals surface area contributed by atoms with Crippen LogP contribution in [0.2, 0.25) is 0 Å². The number of hydrogen-bond donors (Lipinski definition) is 3. The van der Waals surface area contributed by atoms with Crippen molar-refractivity contribution in [2.45, 2.75) is 32.7 Å². The molecule has 0 atom stereocenters. The quantitative estimate of drug-likeness (QED) is 0.282.